The molecule has 0 saturated heterocycles. The number of aromatic nitrogens is 1. The Morgan fingerprint density at radius 1 is 1.65 bits per heavy atom. The Balaban J connectivity index is 2.32. The molecular weight excluding hydrogens is 316 g/mol. The Labute approximate surface area is 120 Å². The van der Waals surface area contributed by atoms with Gasteiger partial charge in [0, 0.05) is 9.86 Å². The van der Waals surface area contributed by atoms with E-state index in [2.05, 4.69) is 62.9 Å². The van der Waals surface area contributed by atoms with Crippen molar-refractivity contribution in [1.82, 2.24) is 9.71 Å². The molecule has 0 spiro atoms. The van der Waals surface area contributed by atoms with Gasteiger partial charge in [0.05, 0.1) is 16.7 Å². The molecule has 0 amide bonds. The van der Waals surface area contributed by atoms with E-state index in [-0.39, 0.29) is 6.04 Å². The van der Waals surface area contributed by atoms with Gasteiger partial charge in [0.15, 0.2) is 0 Å². The number of aryl methyl sites for hydroxylation is 1. The van der Waals surface area contributed by atoms with Crippen LogP contribution >= 0.6 is 40.1 Å². The van der Waals surface area contributed by atoms with Crippen LogP contribution in [0.5, 0.6) is 0 Å². The summed E-state index contributed by atoms with van der Waals surface area (Å²) in [4.78, 5) is 4.55. The predicted octanol–water partition coefficient (Wildman–Crippen LogP) is 4.17. The van der Waals surface area contributed by atoms with Crippen molar-refractivity contribution in [2.24, 2.45) is 5.92 Å². The van der Waals surface area contributed by atoms with Gasteiger partial charge >= 0.3 is 0 Å². The van der Waals surface area contributed by atoms with Gasteiger partial charge in [-0.15, -0.1) is 11.3 Å². The van der Waals surface area contributed by atoms with E-state index >= 15 is 0 Å². The van der Waals surface area contributed by atoms with Crippen molar-refractivity contribution in [2.75, 3.05) is 0 Å². The maximum absolute atomic E-state index is 4.55. The van der Waals surface area contributed by atoms with E-state index in [1.165, 1.54) is 5.57 Å². The van der Waals surface area contributed by atoms with Crippen molar-refractivity contribution < 1.29 is 0 Å². The molecule has 92 valence electrons. The minimum atomic E-state index is 0.0968. The number of nitrogens with zero attached hydrogens (tertiary/aromatic N) is 1. The lowest BCUT2D eigenvalue weighted by molar-refractivity contribution is 0.591. The maximum Gasteiger partial charge on any atom is 0.0898 e. The van der Waals surface area contributed by atoms with Crippen LogP contribution in [0.3, 0.4) is 0 Å². The first-order valence-corrected chi connectivity index (χ1v) is 7.62. The first-order chi connectivity index (χ1) is 8.11. The van der Waals surface area contributed by atoms with Crippen LogP contribution in [-0.2, 0) is 0 Å². The fraction of sp³-hybridized carbons (Fsp3) is 0.417. The molecule has 2 atom stereocenters. The van der Waals surface area contributed by atoms with Gasteiger partial charge in [-0.25, -0.2) is 4.98 Å². The summed E-state index contributed by atoms with van der Waals surface area (Å²) >= 11 is 9.48. The summed E-state index contributed by atoms with van der Waals surface area (Å²) in [7, 11) is 0. The van der Waals surface area contributed by atoms with Crippen molar-refractivity contribution in [1.29, 1.82) is 0 Å². The smallest absolute Gasteiger partial charge is 0.0898 e. The third-order valence-corrected chi connectivity index (χ3v) is 4.54. The molecule has 1 aliphatic carbocycles. The molecule has 2 rings (SSSR count). The van der Waals surface area contributed by atoms with E-state index < -0.39 is 0 Å². The zero-order valence-corrected chi connectivity index (χ0v) is 13.1. The Kier molecular flexibility index (Phi) is 4.47. The lowest BCUT2D eigenvalue weighted by atomic mass is 9.87. The zero-order valence-electron chi connectivity index (χ0n) is 9.77. The van der Waals surface area contributed by atoms with Gasteiger partial charge < -0.3 is 0 Å². The Bertz CT molecular complexity index is 465. The van der Waals surface area contributed by atoms with Crippen LogP contribution in [0, 0.1) is 12.8 Å². The van der Waals surface area contributed by atoms with Gasteiger partial charge in [-0.05, 0) is 30.9 Å². The molecule has 0 aromatic carbocycles. The Hall–Kier alpha value is -0.100. The van der Waals surface area contributed by atoms with Gasteiger partial charge in [-0.1, -0.05) is 41.7 Å². The van der Waals surface area contributed by atoms with Crippen molar-refractivity contribution >= 4 is 40.1 Å². The fourth-order valence-corrected chi connectivity index (χ4v) is 3.35. The van der Waals surface area contributed by atoms with Crippen LogP contribution in [0.4, 0.5) is 0 Å². The van der Waals surface area contributed by atoms with E-state index in [1.807, 2.05) is 6.92 Å². The lowest BCUT2D eigenvalue weighted by Crippen LogP contribution is -2.20. The molecule has 0 aliphatic heterocycles. The molecule has 0 bridgehead atoms. The van der Waals surface area contributed by atoms with Crippen LogP contribution in [0.15, 0.2) is 27.6 Å². The minimum absolute atomic E-state index is 0.0968. The number of hydrogen-bond acceptors (Lipinski definition) is 4. The second-order valence-corrected chi connectivity index (χ2v) is 6.46. The van der Waals surface area contributed by atoms with Crippen LogP contribution in [0.25, 0.3) is 0 Å². The summed E-state index contributed by atoms with van der Waals surface area (Å²) in [5, 5.41) is 3.19. The molecule has 1 heterocycles. The molecule has 1 aromatic rings. The van der Waals surface area contributed by atoms with Crippen LogP contribution in [0.1, 0.15) is 30.1 Å². The number of allylic oxidation sites excluding steroid dienone is 3. The maximum atomic E-state index is 4.55. The first-order valence-electron chi connectivity index (χ1n) is 5.50. The van der Waals surface area contributed by atoms with E-state index in [4.69, 9.17) is 0 Å². The number of nitrogens with one attached hydrogen (secondary N) is 1. The highest BCUT2D eigenvalue weighted by molar-refractivity contribution is 9.11. The van der Waals surface area contributed by atoms with E-state index in [0.717, 1.165) is 21.6 Å². The molecule has 2 nitrogen and oxygen atoms in total. The van der Waals surface area contributed by atoms with Crippen molar-refractivity contribution in [3.05, 3.63) is 38.3 Å². The zero-order chi connectivity index (χ0) is 12.4. The first kappa shape index (κ1) is 13.3. The predicted molar refractivity (Wildman–Crippen MR) is 80.6 cm³/mol. The third-order valence-electron chi connectivity index (χ3n) is 2.93. The van der Waals surface area contributed by atoms with Gasteiger partial charge in [0.25, 0.3) is 0 Å². The second kappa shape index (κ2) is 5.69. The molecule has 2 unspecified atom stereocenters. The third kappa shape index (κ3) is 3.02. The van der Waals surface area contributed by atoms with Crippen LogP contribution in [0.2, 0.25) is 0 Å². The van der Waals surface area contributed by atoms with Gasteiger partial charge in [0.1, 0.15) is 0 Å². The molecule has 0 saturated carbocycles. The summed E-state index contributed by atoms with van der Waals surface area (Å²) in [6.45, 7) is 4.26. The molecule has 17 heavy (non-hydrogen) atoms. The average Bonchev–Trinajstić information content (AvgIpc) is 2.71. The van der Waals surface area contributed by atoms with E-state index in [9.17, 15) is 0 Å². The molecule has 0 fully saturated rings. The highest BCUT2D eigenvalue weighted by Gasteiger charge is 2.24. The number of thiazole rings is 1. The second-order valence-electron chi connectivity index (χ2n) is 4.22. The van der Waals surface area contributed by atoms with E-state index in [0.29, 0.717) is 5.92 Å². The molecule has 1 aromatic heterocycles. The van der Waals surface area contributed by atoms with Gasteiger partial charge in [0.2, 0.25) is 0 Å². The summed E-state index contributed by atoms with van der Waals surface area (Å²) in [6, 6.07) is 0.0968. The minimum Gasteiger partial charge on any atom is -0.254 e. The summed E-state index contributed by atoms with van der Waals surface area (Å²) in [5.41, 5.74) is 2.39. The SMILES string of the molecule is Cc1nc(C(NS)C2=CC(Br)=CCC2C)cs1. The summed E-state index contributed by atoms with van der Waals surface area (Å²) in [6.07, 6.45) is 5.44. The molecule has 0 radical (unpaired) electrons. The number of hydrogen-bond donors (Lipinski definition) is 2. The molecule has 1 N–H and O–H groups in total. The van der Waals surface area contributed by atoms with Crippen molar-refractivity contribution in [3.63, 3.8) is 0 Å². The van der Waals surface area contributed by atoms with E-state index in [1.54, 1.807) is 11.3 Å². The normalized spacial score (nSPS) is 22.0. The summed E-state index contributed by atoms with van der Waals surface area (Å²) < 4.78 is 4.22. The highest BCUT2D eigenvalue weighted by Crippen LogP contribution is 2.35. The van der Waals surface area contributed by atoms with Crippen LogP contribution in [-0.4, -0.2) is 4.98 Å². The monoisotopic (exact) mass is 330 g/mol. The number of halogens is 1. The topological polar surface area (TPSA) is 24.9 Å². The molecular formula is C12H15BrN2S2. The quantitative estimate of drug-likeness (QED) is 0.813. The molecule has 5 heteroatoms. The Morgan fingerprint density at radius 2 is 2.41 bits per heavy atom. The number of rotatable bonds is 3. The van der Waals surface area contributed by atoms with Gasteiger partial charge in [-0.3, -0.25) is 4.72 Å². The van der Waals surface area contributed by atoms with Crippen LogP contribution < -0.4 is 4.72 Å². The highest BCUT2D eigenvalue weighted by atomic mass is 79.9. The Morgan fingerprint density at radius 3 is 3.00 bits per heavy atom. The summed E-state index contributed by atoms with van der Waals surface area (Å²) in [5.74, 6) is 0.517. The van der Waals surface area contributed by atoms with Crippen molar-refractivity contribution in [2.45, 2.75) is 26.3 Å². The largest absolute Gasteiger partial charge is 0.254 e. The van der Waals surface area contributed by atoms with Gasteiger partial charge in [-0.2, -0.15) is 0 Å². The molecule has 1 aliphatic rings. The fourth-order valence-electron chi connectivity index (χ4n) is 1.98. The average molecular weight is 331 g/mol. The number of thiol groups is 1. The standard InChI is InChI=1S/C12H15BrN2S2/c1-7-3-4-9(13)5-10(7)12(15-16)11-6-17-8(2)14-11/h4-7,12,15-16H,3H2,1-2H3. The van der Waals surface area contributed by atoms with Crippen molar-refractivity contribution in [3.8, 4) is 0 Å². The lowest BCUT2D eigenvalue weighted by Gasteiger charge is -2.25.